The van der Waals surface area contributed by atoms with Crippen LogP contribution in [0.4, 0.5) is 5.69 Å². The fourth-order valence-corrected chi connectivity index (χ4v) is 2.49. The number of carboxylic acids is 1. The molecule has 0 bridgehead atoms. The molecule has 1 heterocycles. The van der Waals surface area contributed by atoms with Gasteiger partial charge in [-0.1, -0.05) is 29.8 Å². The molecule has 16 heavy (non-hydrogen) atoms. The monoisotopic (exact) mass is 253 g/mol. The van der Waals surface area contributed by atoms with Crippen molar-refractivity contribution in [1.29, 1.82) is 0 Å². The first-order chi connectivity index (χ1) is 7.61. The number of halogens is 1. The molecule has 2 aromatic rings. The fourth-order valence-electron chi connectivity index (χ4n) is 1.42. The minimum Gasteiger partial charge on any atom is -0.477 e. The van der Waals surface area contributed by atoms with Crippen LogP contribution in [0.15, 0.2) is 29.6 Å². The minimum atomic E-state index is -1.01. The standard InChI is InChI=1S/C11H8ClNO2S/c12-8-4-2-1-3-6(8)7-5-16-10(9(7)13)11(14)15/h1-5H,13H2,(H,14,15). The molecule has 82 valence electrons. The van der Waals surface area contributed by atoms with E-state index in [-0.39, 0.29) is 10.6 Å². The summed E-state index contributed by atoms with van der Waals surface area (Å²) in [6.45, 7) is 0. The summed E-state index contributed by atoms with van der Waals surface area (Å²) in [5.41, 5.74) is 7.47. The molecule has 0 spiro atoms. The Bertz CT molecular complexity index is 551. The molecule has 2 rings (SSSR count). The Labute approximate surface area is 101 Å². The Morgan fingerprint density at radius 1 is 1.31 bits per heavy atom. The molecular formula is C11H8ClNO2S. The summed E-state index contributed by atoms with van der Waals surface area (Å²) in [5, 5.41) is 11.2. The quantitative estimate of drug-likeness (QED) is 0.863. The lowest BCUT2D eigenvalue weighted by Crippen LogP contribution is -1.98. The van der Waals surface area contributed by atoms with Crippen LogP contribution in [-0.2, 0) is 0 Å². The molecule has 0 unspecified atom stereocenters. The van der Waals surface area contributed by atoms with E-state index in [1.54, 1.807) is 11.4 Å². The molecule has 0 fully saturated rings. The van der Waals surface area contributed by atoms with E-state index in [2.05, 4.69) is 0 Å². The second kappa shape index (κ2) is 4.15. The van der Waals surface area contributed by atoms with Gasteiger partial charge in [0.25, 0.3) is 0 Å². The van der Waals surface area contributed by atoms with Crippen LogP contribution < -0.4 is 5.73 Å². The molecular weight excluding hydrogens is 246 g/mol. The highest BCUT2D eigenvalue weighted by Crippen LogP contribution is 2.37. The third-order valence-corrected chi connectivity index (χ3v) is 3.50. The summed E-state index contributed by atoms with van der Waals surface area (Å²) >= 11 is 7.13. The number of carbonyl (C=O) groups is 1. The molecule has 0 aliphatic rings. The third kappa shape index (κ3) is 1.77. The molecule has 0 atom stereocenters. The van der Waals surface area contributed by atoms with E-state index >= 15 is 0 Å². The first-order valence-electron chi connectivity index (χ1n) is 4.46. The van der Waals surface area contributed by atoms with E-state index in [1.807, 2.05) is 18.2 Å². The average molecular weight is 254 g/mol. The molecule has 0 saturated carbocycles. The Morgan fingerprint density at radius 2 is 2.00 bits per heavy atom. The number of carboxylic acid groups (broad SMARTS) is 1. The highest BCUT2D eigenvalue weighted by Gasteiger charge is 2.16. The number of aromatic carboxylic acids is 1. The van der Waals surface area contributed by atoms with Gasteiger partial charge in [-0.2, -0.15) is 0 Å². The van der Waals surface area contributed by atoms with Crippen LogP contribution in [0, 0.1) is 0 Å². The van der Waals surface area contributed by atoms with Crippen molar-refractivity contribution in [1.82, 2.24) is 0 Å². The lowest BCUT2D eigenvalue weighted by molar-refractivity contribution is 0.0703. The Hall–Kier alpha value is -1.52. The summed E-state index contributed by atoms with van der Waals surface area (Å²) in [5.74, 6) is -1.01. The molecule has 3 N–H and O–H groups in total. The molecule has 1 aromatic heterocycles. The lowest BCUT2D eigenvalue weighted by atomic mass is 10.1. The Balaban J connectivity index is 2.58. The number of thiophene rings is 1. The van der Waals surface area contributed by atoms with Crippen molar-refractivity contribution in [3.63, 3.8) is 0 Å². The van der Waals surface area contributed by atoms with E-state index in [9.17, 15) is 4.79 Å². The number of anilines is 1. The number of hydrogen-bond acceptors (Lipinski definition) is 3. The molecule has 5 heteroatoms. The van der Waals surface area contributed by atoms with E-state index < -0.39 is 5.97 Å². The fraction of sp³-hybridized carbons (Fsp3) is 0. The summed E-state index contributed by atoms with van der Waals surface area (Å²) in [6.07, 6.45) is 0. The first-order valence-corrected chi connectivity index (χ1v) is 5.72. The van der Waals surface area contributed by atoms with Crippen LogP contribution in [-0.4, -0.2) is 11.1 Å². The maximum absolute atomic E-state index is 10.8. The summed E-state index contributed by atoms with van der Waals surface area (Å²) < 4.78 is 0. The first kappa shape index (κ1) is 11.0. The van der Waals surface area contributed by atoms with Crippen molar-refractivity contribution in [3.05, 3.63) is 39.5 Å². The Morgan fingerprint density at radius 3 is 2.56 bits per heavy atom. The molecule has 0 radical (unpaired) electrons. The molecule has 0 saturated heterocycles. The van der Waals surface area contributed by atoms with Gasteiger partial charge in [0.1, 0.15) is 4.88 Å². The van der Waals surface area contributed by atoms with Crippen LogP contribution in [0.1, 0.15) is 9.67 Å². The summed E-state index contributed by atoms with van der Waals surface area (Å²) in [4.78, 5) is 11.0. The van der Waals surface area contributed by atoms with Crippen molar-refractivity contribution in [3.8, 4) is 11.1 Å². The average Bonchev–Trinajstić information content (AvgIpc) is 2.61. The van der Waals surface area contributed by atoms with E-state index in [0.29, 0.717) is 10.6 Å². The highest BCUT2D eigenvalue weighted by atomic mass is 35.5. The van der Waals surface area contributed by atoms with Gasteiger partial charge in [-0.15, -0.1) is 11.3 Å². The predicted molar refractivity (Wildman–Crippen MR) is 66.1 cm³/mol. The van der Waals surface area contributed by atoms with Gasteiger partial charge >= 0.3 is 5.97 Å². The van der Waals surface area contributed by atoms with Gasteiger partial charge in [-0.3, -0.25) is 0 Å². The van der Waals surface area contributed by atoms with Gasteiger partial charge in [0.15, 0.2) is 0 Å². The lowest BCUT2D eigenvalue weighted by Gasteiger charge is -2.03. The molecule has 3 nitrogen and oxygen atoms in total. The van der Waals surface area contributed by atoms with Gasteiger partial charge in [0.05, 0.1) is 5.69 Å². The molecule has 0 aliphatic heterocycles. The maximum atomic E-state index is 10.8. The van der Waals surface area contributed by atoms with Crippen LogP contribution in [0.25, 0.3) is 11.1 Å². The van der Waals surface area contributed by atoms with Gasteiger partial charge in [-0.05, 0) is 6.07 Å². The van der Waals surface area contributed by atoms with Crippen molar-refractivity contribution < 1.29 is 9.90 Å². The topological polar surface area (TPSA) is 63.3 Å². The molecule has 0 amide bonds. The minimum absolute atomic E-state index is 0.148. The number of rotatable bonds is 2. The van der Waals surface area contributed by atoms with Crippen molar-refractivity contribution >= 4 is 34.6 Å². The maximum Gasteiger partial charge on any atom is 0.348 e. The molecule has 0 aliphatic carbocycles. The zero-order valence-electron chi connectivity index (χ0n) is 8.11. The SMILES string of the molecule is Nc1c(-c2ccccc2Cl)csc1C(=O)O. The predicted octanol–water partition coefficient (Wildman–Crippen LogP) is 3.35. The summed E-state index contributed by atoms with van der Waals surface area (Å²) in [6, 6.07) is 7.20. The van der Waals surface area contributed by atoms with E-state index in [0.717, 1.165) is 16.9 Å². The Kier molecular flexibility index (Phi) is 2.85. The third-order valence-electron chi connectivity index (χ3n) is 2.19. The largest absolute Gasteiger partial charge is 0.477 e. The van der Waals surface area contributed by atoms with E-state index in [1.165, 1.54) is 0 Å². The van der Waals surface area contributed by atoms with Crippen molar-refractivity contribution in [2.24, 2.45) is 0 Å². The van der Waals surface area contributed by atoms with Crippen molar-refractivity contribution in [2.45, 2.75) is 0 Å². The number of nitrogens with two attached hydrogens (primary N) is 1. The normalized spacial score (nSPS) is 10.3. The van der Waals surface area contributed by atoms with Gasteiger partial charge in [0.2, 0.25) is 0 Å². The smallest absolute Gasteiger partial charge is 0.348 e. The number of hydrogen-bond donors (Lipinski definition) is 2. The molecule has 1 aromatic carbocycles. The van der Waals surface area contributed by atoms with E-state index in [4.69, 9.17) is 22.4 Å². The highest BCUT2D eigenvalue weighted by molar-refractivity contribution is 7.13. The zero-order valence-corrected chi connectivity index (χ0v) is 9.68. The van der Waals surface area contributed by atoms with Gasteiger partial charge < -0.3 is 10.8 Å². The van der Waals surface area contributed by atoms with Crippen LogP contribution in [0.2, 0.25) is 5.02 Å². The zero-order chi connectivity index (χ0) is 11.7. The number of nitrogen functional groups attached to an aromatic ring is 1. The van der Waals surface area contributed by atoms with Crippen molar-refractivity contribution in [2.75, 3.05) is 5.73 Å². The van der Waals surface area contributed by atoms with Gasteiger partial charge in [0, 0.05) is 21.5 Å². The van der Waals surface area contributed by atoms with Crippen LogP contribution >= 0.6 is 22.9 Å². The van der Waals surface area contributed by atoms with Gasteiger partial charge in [-0.25, -0.2) is 4.79 Å². The van der Waals surface area contributed by atoms with Crippen LogP contribution in [0.5, 0.6) is 0 Å². The summed E-state index contributed by atoms with van der Waals surface area (Å²) in [7, 11) is 0. The van der Waals surface area contributed by atoms with Crippen LogP contribution in [0.3, 0.4) is 0 Å². The second-order valence-corrected chi connectivity index (χ2v) is 4.46. The number of benzene rings is 1. The second-order valence-electron chi connectivity index (χ2n) is 3.18.